The van der Waals surface area contributed by atoms with Gasteiger partial charge in [0.1, 0.15) is 5.75 Å². The summed E-state index contributed by atoms with van der Waals surface area (Å²) in [6.45, 7) is 2.02. The van der Waals surface area contributed by atoms with Crippen molar-refractivity contribution in [3.63, 3.8) is 0 Å². The van der Waals surface area contributed by atoms with E-state index >= 15 is 0 Å². The predicted molar refractivity (Wildman–Crippen MR) is 126 cm³/mol. The second-order valence-electron chi connectivity index (χ2n) is 7.24. The van der Waals surface area contributed by atoms with Gasteiger partial charge >= 0.3 is 0 Å². The van der Waals surface area contributed by atoms with Crippen LogP contribution in [-0.2, 0) is 0 Å². The standard InChI is InChI=1S/C26H23N3O4/c1-17-6-4-7-18(14-17)25-27-13-12-24(29-25)33-21-9-5-8-19(15-21)26(30)28-20-10-11-22(31-2)23(16-20)32-3/h4-16H,1-3H3,(H,28,30). The van der Waals surface area contributed by atoms with Crippen LogP contribution in [0, 0.1) is 6.92 Å². The first-order valence-corrected chi connectivity index (χ1v) is 10.3. The fourth-order valence-electron chi connectivity index (χ4n) is 3.26. The second-order valence-corrected chi connectivity index (χ2v) is 7.24. The molecule has 1 heterocycles. The lowest BCUT2D eigenvalue weighted by atomic mass is 10.1. The molecule has 3 aromatic carbocycles. The predicted octanol–water partition coefficient (Wildman–Crippen LogP) is 5.51. The van der Waals surface area contributed by atoms with Gasteiger partial charge in [-0.1, -0.05) is 29.8 Å². The van der Waals surface area contributed by atoms with Crippen molar-refractivity contribution in [2.24, 2.45) is 0 Å². The lowest BCUT2D eigenvalue weighted by Crippen LogP contribution is -2.12. The number of ether oxygens (including phenoxy) is 3. The smallest absolute Gasteiger partial charge is 0.255 e. The number of carbonyl (C=O) groups excluding carboxylic acids is 1. The molecule has 0 bridgehead atoms. The van der Waals surface area contributed by atoms with Crippen LogP contribution in [0.25, 0.3) is 11.4 Å². The van der Waals surface area contributed by atoms with Crippen molar-refractivity contribution >= 4 is 11.6 Å². The van der Waals surface area contributed by atoms with Crippen LogP contribution in [0.1, 0.15) is 15.9 Å². The number of rotatable bonds is 7. The fraction of sp³-hybridized carbons (Fsp3) is 0.115. The molecule has 0 unspecified atom stereocenters. The van der Waals surface area contributed by atoms with Gasteiger partial charge in [-0.3, -0.25) is 4.79 Å². The number of carbonyl (C=O) groups is 1. The van der Waals surface area contributed by atoms with E-state index in [1.807, 2.05) is 31.2 Å². The highest BCUT2D eigenvalue weighted by Crippen LogP contribution is 2.30. The average molecular weight is 441 g/mol. The molecule has 0 aliphatic rings. The maximum Gasteiger partial charge on any atom is 0.255 e. The summed E-state index contributed by atoms with van der Waals surface area (Å²) < 4.78 is 16.4. The van der Waals surface area contributed by atoms with E-state index in [4.69, 9.17) is 14.2 Å². The molecule has 0 radical (unpaired) electrons. The van der Waals surface area contributed by atoms with Gasteiger partial charge in [-0.05, 0) is 43.3 Å². The van der Waals surface area contributed by atoms with Gasteiger partial charge in [0, 0.05) is 35.1 Å². The Morgan fingerprint density at radius 1 is 0.879 bits per heavy atom. The molecule has 1 aromatic heterocycles. The summed E-state index contributed by atoms with van der Waals surface area (Å²) in [5, 5.41) is 2.86. The Kier molecular flexibility index (Phi) is 6.50. The highest BCUT2D eigenvalue weighted by molar-refractivity contribution is 6.04. The molecule has 0 atom stereocenters. The molecule has 0 aliphatic heterocycles. The van der Waals surface area contributed by atoms with Gasteiger partial charge < -0.3 is 19.5 Å². The number of aromatic nitrogens is 2. The summed E-state index contributed by atoms with van der Waals surface area (Å²) in [4.78, 5) is 21.6. The van der Waals surface area contributed by atoms with Crippen molar-refractivity contribution < 1.29 is 19.0 Å². The van der Waals surface area contributed by atoms with Gasteiger partial charge in [0.05, 0.1) is 14.2 Å². The molecule has 4 rings (SSSR count). The largest absolute Gasteiger partial charge is 0.493 e. The minimum atomic E-state index is -0.282. The second kappa shape index (κ2) is 9.82. The number of hydrogen-bond acceptors (Lipinski definition) is 6. The molecular weight excluding hydrogens is 418 g/mol. The molecule has 7 heteroatoms. The maximum absolute atomic E-state index is 12.8. The van der Waals surface area contributed by atoms with Crippen molar-refractivity contribution in [2.45, 2.75) is 6.92 Å². The molecule has 4 aromatic rings. The fourth-order valence-corrected chi connectivity index (χ4v) is 3.26. The van der Waals surface area contributed by atoms with E-state index in [-0.39, 0.29) is 5.91 Å². The maximum atomic E-state index is 12.8. The van der Waals surface area contributed by atoms with Gasteiger partial charge in [-0.15, -0.1) is 0 Å². The third-order valence-corrected chi connectivity index (χ3v) is 4.87. The van der Waals surface area contributed by atoms with Crippen LogP contribution in [0.2, 0.25) is 0 Å². The van der Waals surface area contributed by atoms with E-state index in [0.717, 1.165) is 11.1 Å². The number of nitrogens with one attached hydrogen (secondary N) is 1. The van der Waals surface area contributed by atoms with E-state index in [1.54, 1.807) is 68.9 Å². The lowest BCUT2D eigenvalue weighted by molar-refractivity contribution is 0.102. The van der Waals surface area contributed by atoms with Gasteiger partial charge in [-0.2, -0.15) is 4.98 Å². The molecule has 0 spiro atoms. The van der Waals surface area contributed by atoms with Crippen LogP contribution in [0.15, 0.2) is 79.0 Å². The zero-order chi connectivity index (χ0) is 23.2. The number of methoxy groups -OCH3 is 2. The Hall–Kier alpha value is -4.39. The summed E-state index contributed by atoms with van der Waals surface area (Å²) >= 11 is 0. The van der Waals surface area contributed by atoms with Crippen LogP contribution < -0.4 is 19.5 Å². The Morgan fingerprint density at radius 3 is 2.48 bits per heavy atom. The highest BCUT2D eigenvalue weighted by atomic mass is 16.5. The molecular formula is C26H23N3O4. The van der Waals surface area contributed by atoms with Gasteiger partial charge in [-0.25, -0.2) is 4.98 Å². The monoisotopic (exact) mass is 441 g/mol. The summed E-state index contributed by atoms with van der Waals surface area (Å²) in [7, 11) is 3.10. The first-order chi connectivity index (χ1) is 16.1. The van der Waals surface area contributed by atoms with E-state index in [1.165, 1.54) is 0 Å². The number of hydrogen-bond donors (Lipinski definition) is 1. The summed E-state index contributed by atoms with van der Waals surface area (Å²) in [5.41, 5.74) is 3.05. The van der Waals surface area contributed by atoms with Crippen LogP contribution in [0.5, 0.6) is 23.1 Å². The summed E-state index contributed by atoms with van der Waals surface area (Å²) in [5.74, 6) is 2.28. The zero-order valence-electron chi connectivity index (χ0n) is 18.5. The molecule has 33 heavy (non-hydrogen) atoms. The molecule has 0 aliphatic carbocycles. The van der Waals surface area contributed by atoms with Crippen molar-refractivity contribution in [3.05, 3.63) is 90.1 Å². The number of benzene rings is 3. The zero-order valence-corrected chi connectivity index (χ0v) is 18.5. The van der Waals surface area contributed by atoms with E-state index in [9.17, 15) is 4.79 Å². The minimum Gasteiger partial charge on any atom is -0.493 e. The molecule has 0 saturated heterocycles. The van der Waals surface area contributed by atoms with Crippen molar-refractivity contribution in [1.82, 2.24) is 9.97 Å². The minimum absolute atomic E-state index is 0.282. The third-order valence-electron chi connectivity index (χ3n) is 4.87. The molecule has 1 amide bonds. The molecule has 166 valence electrons. The van der Waals surface area contributed by atoms with Crippen molar-refractivity contribution in [1.29, 1.82) is 0 Å². The number of aryl methyl sites for hydroxylation is 1. The molecule has 0 fully saturated rings. The highest BCUT2D eigenvalue weighted by Gasteiger charge is 2.11. The van der Waals surface area contributed by atoms with Gasteiger partial charge in [0.2, 0.25) is 5.88 Å². The first kappa shape index (κ1) is 21.8. The lowest BCUT2D eigenvalue weighted by Gasteiger charge is -2.11. The van der Waals surface area contributed by atoms with Gasteiger partial charge in [0.15, 0.2) is 17.3 Å². The number of amides is 1. The van der Waals surface area contributed by atoms with E-state index in [2.05, 4.69) is 15.3 Å². The molecule has 1 N–H and O–H groups in total. The van der Waals surface area contributed by atoms with E-state index in [0.29, 0.717) is 40.2 Å². The first-order valence-electron chi connectivity index (χ1n) is 10.3. The molecule has 0 saturated carbocycles. The van der Waals surface area contributed by atoms with E-state index < -0.39 is 0 Å². The normalized spacial score (nSPS) is 10.4. The van der Waals surface area contributed by atoms with Crippen LogP contribution >= 0.6 is 0 Å². The quantitative estimate of drug-likeness (QED) is 0.407. The van der Waals surface area contributed by atoms with Crippen LogP contribution in [-0.4, -0.2) is 30.1 Å². The number of anilines is 1. The van der Waals surface area contributed by atoms with Crippen LogP contribution in [0.3, 0.4) is 0 Å². The van der Waals surface area contributed by atoms with Crippen LogP contribution in [0.4, 0.5) is 5.69 Å². The Bertz CT molecular complexity index is 1290. The van der Waals surface area contributed by atoms with Crippen molar-refractivity contribution in [2.75, 3.05) is 19.5 Å². The number of nitrogens with zero attached hydrogens (tertiary/aromatic N) is 2. The summed E-state index contributed by atoms with van der Waals surface area (Å²) in [6.07, 6.45) is 1.65. The third kappa shape index (κ3) is 5.27. The van der Waals surface area contributed by atoms with Gasteiger partial charge in [0.25, 0.3) is 5.91 Å². The van der Waals surface area contributed by atoms with Crippen molar-refractivity contribution in [3.8, 4) is 34.5 Å². The average Bonchev–Trinajstić information content (AvgIpc) is 2.84. The summed E-state index contributed by atoms with van der Waals surface area (Å²) in [6, 6.07) is 21.7. The molecule has 7 nitrogen and oxygen atoms in total. The Labute approximate surface area is 192 Å². The SMILES string of the molecule is COc1ccc(NC(=O)c2cccc(Oc3ccnc(-c4cccc(C)c4)n3)c2)cc1OC. The Morgan fingerprint density at radius 2 is 1.70 bits per heavy atom. The Balaban J connectivity index is 1.50. The topological polar surface area (TPSA) is 82.6 Å².